The Morgan fingerprint density at radius 3 is 2.64 bits per heavy atom. The molecular formula is C18H27N5O2. The van der Waals surface area contributed by atoms with Crippen LogP contribution in [0.5, 0.6) is 0 Å². The van der Waals surface area contributed by atoms with Gasteiger partial charge in [-0.15, -0.1) is 0 Å². The minimum absolute atomic E-state index is 0.104. The lowest BCUT2D eigenvalue weighted by molar-refractivity contribution is -0.148. The van der Waals surface area contributed by atoms with Crippen molar-refractivity contribution in [2.45, 2.75) is 13.8 Å². The quantitative estimate of drug-likeness (QED) is 0.807. The van der Waals surface area contributed by atoms with E-state index in [1.807, 2.05) is 19.0 Å². The molecule has 1 N–H and O–H groups in total. The third-order valence-corrected chi connectivity index (χ3v) is 5.25. The van der Waals surface area contributed by atoms with Crippen LogP contribution in [0.3, 0.4) is 0 Å². The van der Waals surface area contributed by atoms with Crippen molar-refractivity contribution in [1.82, 2.24) is 14.9 Å². The topological polar surface area (TPSA) is 72.8 Å². The summed E-state index contributed by atoms with van der Waals surface area (Å²) in [4.78, 5) is 27.3. The molecule has 0 unspecified atom stereocenters. The van der Waals surface area contributed by atoms with E-state index in [0.29, 0.717) is 19.6 Å². The van der Waals surface area contributed by atoms with Crippen LogP contribution in [0.15, 0.2) is 24.0 Å². The predicted molar refractivity (Wildman–Crippen MR) is 98.0 cm³/mol. The molecule has 0 aromatic carbocycles. The normalized spacial score (nSPS) is 25.8. The Kier molecular flexibility index (Phi) is 4.69. The van der Waals surface area contributed by atoms with Crippen molar-refractivity contribution in [3.8, 4) is 0 Å². The highest BCUT2D eigenvalue weighted by Crippen LogP contribution is 2.45. The molecule has 1 aromatic heterocycles. The van der Waals surface area contributed by atoms with Gasteiger partial charge in [-0.2, -0.15) is 0 Å². The van der Waals surface area contributed by atoms with Gasteiger partial charge >= 0.3 is 5.97 Å². The zero-order valence-corrected chi connectivity index (χ0v) is 15.4. The van der Waals surface area contributed by atoms with Gasteiger partial charge in [0.25, 0.3) is 0 Å². The van der Waals surface area contributed by atoms with Crippen LogP contribution < -0.4 is 9.80 Å². The number of anilines is 2. The van der Waals surface area contributed by atoms with Crippen LogP contribution in [0, 0.1) is 11.3 Å². The Bertz CT molecular complexity index is 686. The molecule has 0 spiro atoms. The fourth-order valence-electron chi connectivity index (χ4n) is 3.95. The summed E-state index contributed by atoms with van der Waals surface area (Å²) in [6.45, 7) is 7.55. The van der Waals surface area contributed by atoms with Gasteiger partial charge in [-0.3, -0.25) is 9.69 Å². The van der Waals surface area contributed by atoms with Crippen LogP contribution in [-0.2, 0) is 4.79 Å². The monoisotopic (exact) mass is 345 g/mol. The summed E-state index contributed by atoms with van der Waals surface area (Å²) < 4.78 is 0. The third-order valence-electron chi connectivity index (χ3n) is 5.25. The summed E-state index contributed by atoms with van der Waals surface area (Å²) in [7, 11) is 3.86. The number of likely N-dealkylation sites (tertiary alicyclic amines) is 1. The standard InChI is InChI=1S/C18H27N5O2/c1-13(2)5-8-22-9-14-10-23(12-18(14,11-22)17(24)25)16-15(21(3)4)19-6-7-20-16/h5-7,14H,8-12H2,1-4H3,(H,24,25)/t14-,18-/m1/s1. The average molecular weight is 345 g/mol. The molecule has 1 aromatic rings. The zero-order chi connectivity index (χ0) is 18.2. The van der Waals surface area contributed by atoms with Gasteiger partial charge in [0.1, 0.15) is 5.41 Å². The van der Waals surface area contributed by atoms with Crippen LogP contribution in [0.25, 0.3) is 0 Å². The van der Waals surface area contributed by atoms with Crippen LogP contribution in [0.1, 0.15) is 13.8 Å². The molecular weight excluding hydrogens is 318 g/mol. The van der Waals surface area contributed by atoms with E-state index < -0.39 is 11.4 Å². The van der Waals surface area contributed by atoms with Gasteiger partial charge in [0, 0.05) is 65.1 Å². The Hall–Kier alpha value is -2.15. The SMILES string of the molecule is CC(C)=CCN1C[C@@H]2CN(c3nccnc3N(C)C)C[C@]2(C(=O)O)C1. The summed E-state index contributed by atoms with van der Waals surface area (Å²) in [5, 5.41) is 10.00. The fraction of sp³-hybridized carbons (Fsp3) is 0.611. The highest BCUT2D eigenvalue weighted by Gasteiger charge is 2.57. The number of aromatic nitrogens is 2. The van der Waals surface area contributed by atoms with E-state index in [-0.39, 0.29) is 5.92 Å². The first kappa shape index (κ1) is 17.7. The molecule has 0 amide bonds. The lowest BCUT2D eigenvalue weighted by Gasteiger charge is -2.27. The highest BCUT2D eigenvalue weighted by atomic mass is 16.4. The van der Waals surface area contributed by atoms with Gasteiger partial charge < -0.3 is 14.9 Å². The number of fused-ring (bicyclic) bond motifs is 1. The molecule has 0 radical (unpaired) electrons. The number of nitrogens with zero attached hydrogens (tertiary/aromatic N) is 5. The molecule has 2 saturated heterocycles. The van der Waals surface area contributed by atoms with Crippen molar-refractivity contribution < 1.29 is 9.90 Å². The molecule has 25 heavy (non-hydrogen) atoms. The summed E-state index contributed by atoms with van der Waals surface area (Å²) in [5.74, 6) is 0.963. The van der Waals surface area contributed by atoms with E-state index in [1.165, 1.54) is 5.57 Å². The molecule has 2 fully saturated rings. The second-order valence-electron chi connectivity index (χ2n) is 7.61. The zero-order valence-electron chi connectivity index (χ0n) is 15.4. The molecule has 7 nitrogen and oxygen atoms in total. The molecule has 136 valence electrons. The van der Waals surface area contributed by atoms with E-state index in [9.17, 15) is 9.90 Å². The molecule has 0 saturated carbocycles. The number of carbonyl (C=O) groups is 1. The number of rotatable bonds is 5. The predicted octanol–water partition coefficient (Wildman–Crippen LogP) is 1.33. The molecule has 2 aliphatic rings. The first-order chi connectivity index (χ1) is 11.8. The summed E-state index contributed by atoms with van der Waals surface area (Å²) in [6, 6.07) is 0. The van der Waals surface area contributed by atoms with Gasteiger partial charge in [0.05, 0.1) is 0 Å². The molecule has 7 heteroatoms. The number of aliphatic carboxylic acids is 1. The Morgan fingerprint density at radius 1 is 1.32 bits per heavy atom. The van der Waals surface area contributed by atoms with E-state index in [4.69, 9.17) is 0 Å². The largest absolute Gasteiger partial charge is 0.481 e. The van der Waals surface area contributed by atoms with Crippen LogP contribution >= 0.6 is 0 Å². The second-order valence-corrected chi connectivity index (χ2v) is 7.61. The number of carboxylic acid groups (broad SMARTS) is 1. The Morgan fingerprint density at radius 2 is 2.04 bits per heavy atom. The smallest absolute Gasteiger partial charge is 0.313 e. The Balaban J connectivity index is 1.83. The lowest BCUT2D eigenvalue weighted by atomic mass is 9.81. The number of hydrogen-bond acceptors (Lipinski definition) is 6. The second kappa shape index (κ2) is 6.63. The van der Waals surface area contributed by atoms with Crippen molar-refractivity contribution in [3.63, 3.8) is 0 Å². The van der Waals surface area contributed by atoms with E-state index in [1.54, 1.807) is 12.4 Å². The van der Waals surface area contributed by atoms with Crippen molar-refractivity contribution in [2.75, 3.05) is 56.6 Å². The molecule has 2 atom stereocenters. The van der Waals surface area contributed by atoms with Crippen LogP contribution in [0.4, 0.5) is 11.6 Å². The molecule has 0 bridgehead atoms. The Labute approximate surface area is 149 Å². The van der Waals surface area contributed by atoms with Crippen molar-refractivity contribution in [2.24, 2.45) is 11.3 Å². The van der Waals surface area contributed by atoms with Gasteiger partial charge in [0.15, 0.2) is 11.6 Å². The fourth-order valence-corrected chi connectivity index (χ4v) is 3.95. The maximum absolute atomic E-state index is 12.2. The van der Waals surface area contributed by atoms with Gasteiger partial charge in [-0.1, -0.05) is 11.6 Å². The van der Waals surface area contributed by atoms with Gasteiger partial charge in [0.2, 0.25) is 0 Å². The summed E-state index contributed by atoms with van der Waals surface area (Å²) >= 11 is 0. The van der Waals surface area contributed by atoms with E-state index in [0.717, 1.165) is 24.7 Å². The summed E-state index contributed by atoms with van der Waals surface area (Å²) in [5.41, 5.74) is 0.537. The van der Waals surface area contributed by atoms with Crippen molar-refractivity contribution in [1.29, 1.82) is 0 Å². The van der Waals surface area contributed by atoms with E-state index >= 15 is 0 Å². The molecule has 3 heterocycles. The first-order valence-corrected chi connectivity index (χ1v) is 8.66. The minimum Gasteiger partial charge on any atom is -0.481 e. The maximum atomic E-state index is 12.2. The first-order valence-electron chi connectivity index (χ1n) is 8.66. The number of carboxylic acids is 1. The van der Waals surface area contributed by atoms with Crippen molar-refractivity contribution in [3.05, 3.63) is 24.0 Å². The third kappa shape index (κ3) is 3.20. The highest BCUT2D eigenvalue weighted by molar-refractivity contribution is 5.79. The van der Waals surface area contributed by atoms with Crippen molar-refractivity contribution >= 4 is 17.6 Å². The number of allylic oxidation sites excluding steroid dienone is 1. The summed E-state index contributed by atoms with van der Waals surface area (Å²) in [6.07, 6.45) is 5.51. The minimum atomic E-state index is -0.726. The van der Waals surface area contributed by atoms with Gasteiger partial charge in [-0.05, 0) is 13.8 Å². The van der Waals surface area contributed by atoms with Crippen LogP contribution in [0.2, 0.25) is 0 Å². The van der Waals surface area contributed by atoms with Crippen LogP contribution in [-0.4, -0.2) is 72.8 Å². The molecule has 2 aliphatic heterocycles. The molecule has 0 aliphatic carbocycles. The maximum Gasteiger partial charge on any atom is 0.313 e. The number of hydrogen-bond donors (Lipinski definition) is 1. The molecule has 3 rings (SSSR count). The average Bonchev–Trinajstić information content (AvgIpc) is 3.07. The van der Waals surface area contributed by atoms with E-state index in [2.05, 4.69) is 39.7 Å². The lowest BCUT2D eigenvalue weighted by Crippen LogP contribution is -2.41. The van der Waals surface area contributed by atoms with Gasteiger partial charge in [-0.25, -0.2) is 9.97 Å².